The molecule has 1 atom stereocenters. The Morgan fingerprint density at radius 2 is 1.53 bits per heavy atom. The first-order valence-corrected chi connectivity index (χ1v) is 5.83. The molecule has 0 saturated heterocycles. The lowest BCUT2D eigenvalue weighted by Gasteiger charge is -2.27. The molecule has 0 aliphatic heterocycles. The molecule has 0 spiro atoms. The maximum Gasteiger partial charge on any atom is 0.128 e. The maximum absolute atomic E-state index is 13.9. The zero-order chi connectivity index (χ0) is 14.2. The van der Waals surface area contributed by atoms with Crippen molar-refractivity contribution in [2.75, 3.05) is 0 Å². The Balaban J connectivity index is 2.60. The molecule has 2 aromatic rings. The minimum Gasteiger partial charge on any atom is -0.318 e. The van der Waals surface area contributed by atoms with E-state index in [9.17, 15) is 13.2 Å². The van der Waals surface area contributed by atoms with Crippen molar-refractivity contribution < 1.29 is 13.2 Å². The minimum atomic E-state index is -1.31. The van der Waals surface area contributed by atoms with E-state index in [2.05, 4.69) is 0 Å². The fraction of sp³-hybridized carbons (Fsp3) is 0.200. The Bertz CT molecular complexity index is 601. The molecule has 1 nitrogen and oxygen atoms in total. The molecule has 0 radical (unpaired) electrons. The number of benzene rings is 2. The lowest BCUT2D eigenvalue weighted by molar-refractivity contribution is 0.516. The summed E-state index contributed by atoms with van der Waals surface area (Å²) in [6, 6.07) is 7.48. The van der Waals surface area contributed by atoms with Crippen molar-refractivity contribution >= 4 is 0 Å². The average Bonchev–Trinajstić information content (AvgIpc) is 2.31. The summed E-state index contributed by atoms with van der Waals surface area (Å²) >= 11 is 0. The average molecular weight is 265 g/mol. The van der Waals surface area contributed by atoms with Crippen LogP contribution in [-0.4, -0.2) is 0 Å². The van der Waals surface area contributed by atoms with Gasteiger partial charge in [-0.25, -0.2) is 13.2 Å². The van der Waals surface area contributed by atoms with Crippen molar-refractivity contribution in [3.8, 4) is 0 Å². The van der Waals surface area contributed by atoms with Gasteiger partial charge in [-0.1, -0.05) is 17.7 Å². The Kier molecular flexibility index (Phi) is 3.37. The van der Waals surface area contributed by atoms with Crippen LogP contribution in [0.2, 0.25) is 0 Å². The third kappa shape index (κ3) is 2.63. The van der Waals surface area contributed by atoms with E-state index >= 15 is 0 Å². The normalized spacial score (nSPS) is 14.2. The summed E-state index contributed by atoms with van der Waals surface area (Å²) in [7, 11) is 0. The van der Waals surface area contributed by atoms with Gasteiger partial charge in [-0.15, -0.1) is 0 Å². The molecule has 2 aromatic carbocycles. The number of aryl methyl sites for hydroxylation is 1. The molecule has 0 saturated carbocycles. The number of rotatable bonds is 2. The van der Waals surface area contributed by atoms with E-state index in [1.807, 2.05) is 0 Å². The summed E-state index contributed by atoms with van der Waals surface area (Å²) in [6.45, 7) is 3.32. The van der Waals surface area contributed by atoms with Gasteiger partial charge >= 0.3 is 0 Å². The van der Waals surface area contributed by atoms with Gasteiger partial charge in [-0.2, -0.15) is 0 Å². The molecule has 0 aromatic heterocycles. The highest BCUT2D eigenvalue weighted by Crippen LogP contribution is 2.30. The molecule has 0 fully saturated rings. The van der Waals surface area contributed by atoms with Gasteiger partial charge in [0.25, 0.3) is 0 Å². The molecule has 1 unspecified atom stereocenters. The maximum atomic E-state index is 13.9. The first-order valence-electron chi connectivity index (χ1n) is 5.83. The molecule has 0 aliphatic rings. The molecule has 2 rings (SSSR count). The van der Waals surface area contributed by atoms with Crippen molar-refractivity contribution in [2.45, 2.75) is 19.4 Å². The van der Waals surface area contributed by atoms with Crippen LogP contribution in [0.1, 0.15) is 23.6 Å². The van der Waals surface area contributed by atoms with Crippen molar-refractivity contribution in [2.24, 2.45) is 5.73 Å². The van der Waals surface area contributed by atoms with Crippen LogP contribution in [0.5, 0.6) is 0 Å². The fourth-order valence-corrected chi connectivity index (χ4v) is 2.05. The smallest absolute Gasteiger partial charge is 0.128 e. The Morgan fingerprint density at radius 1 is 0.947 bits per heavy atom. The number of hydrogen-bond acceptors (Lipinski definition) is 1. The summed E-state index contributed by atoms with van der Waals surface area (Å²) < 4.78 is 40.4. The van der Waals surface area contributed by atoms with E-state index in [-0.39, 0.29) is 11.1 Å². The molecule has 0 amide bonds. The number of halogens is 3. The van der Waals surface area contributed by atoms with Gasteiger partial charge in [-0.3, -0.25) is 0 Å². The lowest BCUT2D eigenvalue weighted by atomic mass is 9.84. The second kappa shape index (κ2) is 4.70. The van der Waals surface area contributed by atoms with Gasteiger partial charge in [0.2, 0.25) is 0 Å². The van der Waals surface area contributed by atoms with E-state index in [0.29, 0.717) is 0 Å². The molecule has 2 N–H and O–H groups in total. The zero-order valence-corrected chi connectivity index (χ0v) is 10.7. The predicted molar refractivity (Wildman–Crippen MR) is 68.1 cm³/mol. The largest absolute Gasteiger partial charge is 0.318 e. The quantitative estimate of drug-likeness (QED) is 0.881. The Labute approximate surface area is 109 Å². The van der Waals surface area contributed by atoms with Gasteiger partial charge in [0, 0.05) is 11.6 Å². The molecule has 0 aliphatic carbocycles. The molecule has 19 heavy (non-hydrogen) atoms. The summed E-state index contributed by atoms with van der Waals surface area (Å²) in [5.74, 6) is -1.97. The van der Waals surface area contributed by atoms with Crippen LogP contribution in [0.15, 0.2) is 36.4 Å². The van der Waals surface area contributed by atoms with Crippen LogP contribution in [0.25, 0.3) is 0 Å². The molecular weight excluding hydrogens is 251 g/mol. The minimum absolute atomic E-state index is 0.189. The van der Waals surface area contributed by atoms with Crippen LogP contribution >= 0.6 is 0 Å². The van der Waals surface area contributed by atoms with Crippen molar-refractivity contribution in [3.63, 3.8) is 0 Å². The highest BCUT2D eigenvalue weighted by Gasteiger charge is 2.28. The molecule has 100 valence electrons. The third-order valence-corrected chi connectivity index (χ3v) is 3.14. The topological polar surface area (TPSA) is 26.0 Å². The van der Waals surface area contributed by atoms with Crippen LogP contribution in [0.3, 0.4) is 0 Å². The second-order valence-corrected chi connectivity index (χ2v) is 4.84. The van der Waals surface area contributed by atoms with E-state index in [1.165, 1.54) is 13.0 Å². The van der Waals surface area contributed by atoms with Gasteiger partial charge in [0.1, 0.15) is 17.5 Å². The van der Waals surface area contributed by atoms with Gasteiger partial charge in [0.05, 0.1) is 5.54 Å². The van der Waals surface area contributed by atoms with Gasteiger partial charge in [-0.05, 0) is 37.6 Å². The lowest BCUT2D eigenvalue weighted by Crippen LogP contribution is -2.35. The Morgan fingerprint density at radius 3 is 2.11 bits per heavy atom. The monoisotopic (exact) mass is 265 g/mol. The van der Waals surface area contributed by atoms with Crippen LogP contribution in [0, 0.1) is 24.4 Å². The second-order valence-electron chi connectivity index (χ2n) is 4.84. The van der Waals surface area contributed by atoms with E-state index in [1.54, 1.807) is 19.1 Å². The SMILES string of the molecule is Cc1ccc(F)c(C(C)(N)c2cc(F)cc(F)c2)c1. The van der Waals surface area contributed by atoms with E-state index < -0.39 is 23.0 Å². The summed E-state index contributed by atoms with van der Waals surface area (Å²) in [5.41, 5.74) is 6.01. The number of hydrogen-bond donors (Lipinski definition) is 1. The third-order valence-electron chi connectivity index (χ3n) is 3.14. The van der Waals surface area contributed by atoms with Gasteiger partial charge in [0.15, 0.2) is 0 Å². The van der Waals surface area contributed by atoms with E-state index in [0.717, 1.165) is 23.8 Å². The highest BCUT2D eigenvalue weighted by molar-refractivity contribution is 5.39. The predicted octanol–water partition coefficient (Wildman–Crippen LogP) is 3.63. The highest BCUT2D eigenvalue weighted by atomic mass is 19.1. The molecule has 0 heterocycles. The summed E-state index contributed by atoms with van der Waals surface area (Å²) in [6.07, 6.45) is 0. The van der Waals surface area contributed by atoms with Crippen LogP contribution < -0.4 is 5.73 Å². The standard InChI is InChI=1S/C15H14F3N/c1-9-3-4-14(18)13(5-9)15(2,19)10-6-11(16)8-12(17)7-10/h3-8H,19H2,1-2H3. The van der Waals surface area contributed by atoms with Gasteiger partial charge < -0.3 is 5.73 Å². The first-order chi connectivity index (χ1) is 8.80. The Hall–Kier alpha value is -1.81. The number of nitrogens with two attached hydrogens (primary N) is 1. The fourth-order valence-electron chi connectivity index (χ4n) is 2.05. The first kappa shape index (κ1) is 13.6. The molecule has 4 heteroatoms. The summed E-state index contributed by atoms with van der Waals surface area (Å²) in [5, 5.41) is 0. The van der Waals surface area contributed by atoms with Crippen molar-refractivity contribution in [1.29, 1.82) is 0 Å². The zero-order valence-electron chi connectivity index (χ0n) is 10.7. The molecule has 0 bridgehead atoms. The molecular formula is C15H14F3N. The van der Waals surface area contributed by atoms with Crippen molar-refractivity contribution in [1.82, 2.24) is 0 Å². The van der Waals surface area contributed by atoms with Crippen LogP contribution in [-0.2, 0) is 5.54 Å². The van der Waals surface area contributed by atoms with Crippen molar-refractivity contribution in [3.05, 3.63) is 70.5 Å². The summed E-state index contributed by atoms with van der Waals surface area (Å²) in [4.78, 5) is 0. The van der Waals surface area contributed by atoms with E-state index in [4.69, 9.17) is 5.73 Å². The van der Waals surface area contributed by atoms with Crippen LogP contribution in [0.4, 0.5) is 13.2 Å².